The maximum absolute atomic E-state index is 11.6. The molecule has 0 aliphatic rings. The van der Waals surface area contributed by atoms with Gasteiger partial charge in [-0.1, -0.05) is 33.1 Å². The highest BCUT2D eigenvalue weighted by molar-refractivity contribution is 5.94. The molecule has 3 amide bonds. The molecule has 0 saturated heterocycles. The van der Waals surface area contributed by atoms with Crippen molar-refractivity contribution in [3.05, 3.63) is 0 Å². The van der Waals surface area contributed by atoms with E-state index in [9.17, 15) is 14.4 Å². The Morgan fingerprint density at radius 3 is 2.25 bits per heavy atom. The molecule has 0 spiro atoms. The second kappa shape index (κ2) is 11.3. The largest absolute Gasteiger partial charge is 0.481 e. The number of carbonyl (C=O) groups is 3. The van der Waals surface area contributed by atoms with Crippen LogP contribution < -0.4 is 10.6 Å². The number of urea groups is 1. The first-order chi connectivity index (χ1) is 9.49. The van der Waals surface area contributed by atoms with Crippen LogP contribution in [0, 0.1) is 0 Å². The van der Waals surface area contributed by atoms with Gasteiger partial charge in [-0.05, 0) is 19.3 Å². The van der Waals surface area contributed by atoms with E-state index in [1.165, 1.54) is 0 Å². The molecule has 0 saturated carbocycles. The normalized spacial score (nSPS) is 11.7. The lowest BCUT2D eigenvalue weighted by Crippen LogP contribution is -2.44. The quantitative estimate of drug-likeness (QED) is 0.574. The monoisotopic (exact) mass is 286 g/mol. The van der Waals surface area contributed by atoms with Gasteiger partial charge in [0.1, 0.15) is 0 Å². The molecule has 0 fully saturated rings. The van der Waals surface area contributed by atoms with Gasteiger partial charge in [-0.2, -0.15) is 0 Å². The molecule has 0 bridgehead atoms. The predicted octanol–water partition coefficient (Wildman–Crippen LogP) is 2.43. The first-order valence-electron chi connectivity index (χ1n) is 7.31. The van der Waals surface area contributed by atoms with E-state index >= 15 is 0 Å². The smallest absolute Gasteiger partial charge is 0.321 e. The molecule has 6 heteroatoms. The second-order valence-electron chi connectivity index (χ2n) is 4.90. The van der Waals surface area contributed by atoms with E-state index in [1.54, 1.807) is 0 Å². The Balaban J connectivity index is 3.97. The Labute approximate surface area is 120 Å². The summed E-state index contributed by atoms with van der Waals surface area (Å²) in [7, 11) is 0. The van der Waals surface area contributed by atoms with Gasteiger partial charge in [0.15, 0.2) is 0 Å². The number of nitrogens with one attached hydrogen (secondary N) is 2. The molecule has 20 heavy (non-hydrogen) atoms. The highest BCUT2D eigenvalue weighted by Crippen LogP contribution is 2.06. The number of unbranched alkanes of at least 4 members (excludes halogenated alkanes) is 1. The van der Waals surface area contributed by atoms with E-state index < -0.39 is 17.9 Å². The van der Waals surface area contributed by atoms with Gasteiger partial charge < -0.3 is 10.4 Å². The van der Waals surface area contributed by atoms with Crippen LogP contribution in [0.3, 0.4) is 0 Å². The van der Waals surface area contributed by atoms with Gasteiger partial charge >= 0.3 is 12.0 Å². The Morgan fingerprint density at radius 2 is 1.70 bits per heavy atom. The fraction of sp³-hybridized carbons (Fsp3) is 0.786. The van der Waals surface area contributed by atoms with Crippen LogP contribution in [0.1, 0.15) is 65.2 Å². The van der Waals surface area contributed by atoms with Gasteiger partial charge in [0.05, 0.1) is 0 Å². The molecule has 0 aliphatic carbocycles. The fourth-order valence-corrected chi connectivity index (χ4v) is 1.90. The van der Waals surface area contributed by atoms with Crippen molar-refractivity contribution in [1.29, 1.82) is 0 Å². The van der Waals surface area contributed by atoms with E-state index in [0.29, 0.717) is 0 Å². The van der Waals surface area contributed by atoms with Crippen molar-refractivity contribution in [2.24, 2.45) is 0 Å². The molecular formula is C14H26N2O4. The molecule has 0 aromatic carbocycles. The first kappa shape index (κ1) is 18.4. The van der Waals surface area contributed by atoms with Crippen molar-refractivity contribution in [2.45, 2.75) is 71.3 Å². The molecule has 1 unspecified atom stereocenters. The van der Waals surface area contributed by atoms with Crippen molar-refractivity contribution < 1.29 is 19.5 Å². The van der Waals surface area contributed by atoms with Gasteiger partial charge in [-0.25, -0.2) is 4.79 Å². The van der Waals surface area contributed by atoms with Crippen molar-refractivity contribution >= 4 is 17.9 Å². The molecule has 3 N–H and O–H groups in total. The summed E-state index contributed by atoms with van der Waals surface area (Å²) in [6.07, 6.45) is 5.10. The number of aliphatic carboxylic acids is 1. The third-order valence-corrected chi connectivity index (χ3v) is 2.93. The van der Waals surface area contributed by atoms with E-state index in [4.69, 9.17) is 5.11 Å². The Hall–Kier alpha value is -1.59. The summed E-state index contributed by atoms with van der Waals surface area (Å²) in [5.41, 5.74) is 0. The summed E-state index contributed by atoms with van der Waals surface area (Å²) in [6, 6.07) is -0.397. The van der Waals surface area contributed by atoms with Gasteiger partial charge in [0, 0.05) is 18.9 Å². The maximum atomic E-state index is 11.6. The summed E-state index contributed by atoms with van der Waals surface area (Å²) in [6.45, 7) is 4.14. The van der Waals surface area contributed by atoms with Crippen LogP contribution in [0.2, 0.25) is 0 Å². The molecule has 0 rings (SSSR count). The third kappa shape index (κ3) is 10.3. The third-order valence-electron chi connectivity index (χ3n) is 2.93. The van der Waals surface area contributed by atoms with Gasteiger partial charge in [-0.15, -0.1) is 0 Å². The van der Waals surface area contributed by atoms with Gasteiger partial charge in [0.25, 0.3) is 0 Å². The number of amides is 3. The molecule has 116 valence electrons. The van der Waals surface area contributed by atoms with Crippen molar-refractivity contribution in [3.63, 3.8) is 0 Å². The summed E-state index contributed by atoms with van der Waals surface area (Å²) in [4.78, 5) is 33.4. The van der Waals surface area contributed by atoms with Gasteiger partial charge in [0.2, 0.25) is 5.91 Å². The van der Waals surface area contributed by atoms with Crippen LogP contribution in [-0.2, 0) is 9.59 Å². The Bertz CT molecular complexity index is 318. The lowest BCUT2D eigenvalue weighted by atomic mass is 10.1. The number of hydrogen-bond acceptors (Lipinski definition) is 3. The molecule has 0 radical (unpaired) electrons. The molecule has 6 nitrogen and oxygen atoms in total. The molecule has 1 atom stereocenters. The number of carboxylic acids is 1. The van der Waals surface area contributed by atoms with E-state index in [1.807, 2.05) is 0 Å². The minimum Gasteiger partial charge on any atom is -0.481 e. The average molecular weight is 286 g/mol. The van der Waals surface area contributed by atoms with Crippen molar-refractivity contribution in [1.82, 2.24) is 10.6 Å². The highest BCUT2D eigenvalue weighted by Gasteiger charge is 2.13. The summed E-state index contributed by atoms with van der Waals surface area (Å²) in [5.74, 6) is -1.38. The molecule has 0 heterocycles. The summed E-state index contributed by atoms with van der Waals surface area (Å²) < 4.78 is 0. The topological polar surface area (TPSA) is 95.5 Å². The second-order valence-corrected chi connectivity index (χ2v) is 4.90. The summed E-state index contributed by atoms with van der Waals surface area (Å²) >= 11 is 0. The number of rotatable bonds is 10. The zero-order valence-electron chi connectivity index (χ0n) is 12.4. The Morgan fingerprint density at radius 1 is 1.00 bits per heavy atom. The molecule has 0 aromatic rings. The molecular weight excluding hydrogens is 260 g/mol. The van der Waals surface area contributed by atoms with Crippen molar-refractivity contribution in [2.75, 3.05) is 0 Å². The first-order valence-corrected chi connectivity index (χ1v) is 7.31. The number of imide groups is 1. The van der Waals surface area contributed by atoms with Crippen molar-refractivity contribution in [3.8, 4) is 0 Å². The van der Waals surface area contributed by atoms with Crippen LogP contribution in [0.15, 0.2) is 0 Å². The predicted molar refractivity (Wildman–Crippen MR) is 76.4 cm³/mol. The zero-order valence-corrected chi connectivity index (χ0v) is 12.4. The molecule has 0 aromatic heterocycles. The number of hydrogen-bond donors (Lipinski definition) is 3. The number of carboxylic acid groups (broad SMARTS) is 1. The minimum absolute atomic E-state index is 0.0487. The van der Waals surface area contributed by atoms with Gasteiger partial charge in [-0.3, -0.25) is 14.9 Å². The average Bonchev–Trinajstić information content (AvgIpc) is 2.35. The van der Waals surface area contributed by atoms with Crippen LogP contribution >= 0.6 is 0 Å². The highest BCUT2D eigenvalue weighted by atomic mass is 16.4. The standard InChI is InChI=1S/C14H26N2O4/c1-3-5-8-11(7-4-2)15-14(20)16-12(17)9-6-10-13(18)19/h11H,3-10H2,1-2H3,(H,18,19)(H2,15,16,17,20). The van der Waals surface area contributed by atoms with E-state index in [-0.39, 0.29) is 25.3 Å². The fourth-order valence-electron chi connectivity index (χ4n) is 1.90. The van der Waals surface area contributed by atoms with Crippen LogP contribution in [0.25, 0.3) is 0 Å². The van der Waals surface area contributed by atoms with E-state index in [2.05, 4.69) is 24.5 Å². The van der Waals surface area contributed by atoms with Crippen LogP contribution in [0.5, 0.6) is 0 Å². The summed E-state index contributed by atoms with van der Waals surface area (Å²) in [5, 5.41) is 13.5. The van der Waals surface area contributed by atoms with Crippen LogP contribution in [0.4, 0.5) is 4.79 Å². The lowest BCUT2D eigenvalue weighted by Gasteiger charge is -2.17. The lowest BCUT2D eigenvalue weighted by molar-refractivity contribution is -0.137. The van der Waals surface area contributed by atoms with E-state index in [0.717, 1.165) is 32.1 Å². The van der Waals surface area contributed by atoms with Crippen LogP contribution in [-0.4, -0.2) is 29.1 Å². The molecule has 0 aliphatic heterocycles. The minimum atomic E-state index is -0.940. The zero-order chi connectivity index (χ0) is 15.4. The maximum Gasteiger partial charge on any atom is 0.321 e. The number of carbonyl (C=O) groups excluding carboxylic acids is 2. The SMILES string of the molecule is CCCCC(CCC)NC(=O)NC(=O)CCCC(=O)O. The Kier molecular flexibility index (Phi) is 10.4.